The van der Waals surface area contributed by atoms with E-state index in [1.165, 1.54) is 12.7 Å². The van der Waals surface area contributed by atoms with E-state index >= 15 is 0 Å². The number of pyridine rings is 1. The van der Waals surface area contributed by atoms with Crippen molar-refractivity contribution in [1.29, 1.82) is 0 Å². The van der Waals surface area contributed by atoms with Crippen molar-refractivity contribution in [2.75, 3.05) is 22.7 Å². The van der Waals surface area contributed by atoms with Crippen molar-refractivity contribution in [3.63, 3.8) is 0 Å². The van der Waals surface area contributed by atoms with Crippen LogP contribution in [0.5, 0.6) is 0 Å². The summed E-state index contributed by atoms with van der Waals surface area (Å²) in [5.41, 5.74) is 2.76. The summed E-state index contributed by atoms with van der Waals surface area (Å²) in [5, 5.41) is 0. The number of aromatic nitrogens is 3. The quantitative estimate of drug-likeness (QED) is 0.615. The Bertz CT molecular complexity index is 1260. The number of piperidine rings is 1. The van der Waals surface area contributed by atoms with Crippen LogP contribution in [0.25, 0.3) is 11.1 Å². The molecule has 0 bridgehead atoms. The van der Waals surface area contributed by atoms with Gasteiger partial charge in [0.15, 0.2) is 0 Å². The van der Waals surface area contributed by atoms with Crippen molar-refractivity contribution >= 4 is 21.5 Å². The maximum Gasteiger partial charge on any atom is 0.264 e. The molecule has 3 aromatic rings. The molecule has 2 aromatic heterocycles. The molecule has 1 saturated heterocycles. The molecule has 10 heteroatoms. The monoisotopic (exact) mass is 459 g/mol. The first-order valence-electron chi connectivity index (χ1n) is 10.3. The molecule has 1 aliphatic rings. The number of rotatable bonds is 5. The minimum Gasteiger partial charge on any atom is -0.356 e. The predicted molar refractivity (Wildman–Crippen MR) is 118 cm³/mol. The third-order valence-corrected chi connectivity index (χ3v) is 6.87. The summed E-state index contributed by atoms with van der Waals surface area (Å²) in [4.78, 5) is 14.7. The van der Waals surface area contributed by atoms with Gasteiger partial charge in [-0.2, -0.15) is 0 Å². The first-order chi connectivity index (χ1) is 15.3. The molecule has 0 amide bonds. The zero-order chi connectivity index (χ0) is 22.9. The van der Waals surface area contributed by atoms with E-state index in [9.17, 15) is 17.2 Å². The van der Waals surface area contributed by atoms with Gasteiger partial charge in [-0.25, -0.2) is 27.2 Å². The lowest BCUT2D eigenvalue weighted by molar-refractivity contribution is 0.551. The second kappa shape index (κ2) is 8.78. The highest BCUT2D eigenvalue weighted by atomic mass is 32.2. The van der Waals surface area contributed by atoms with E-state index in [4.69, 9.17) is 0 Å². The molecular weight excluding hydrogens is 436 g/mol. The van der Waals surface area contributed by atoms with Crippen molar-refractivity contribution < 1.29 is 17.2 Å². The number of nitrogens with one attached hydrogen (secondary N) is 1. The Hall–Kier alpha value is -3.14. The summed E-state index contributed by atoms with van der Waals surface area (Å²) in [5.74, 6) is -1.24. The molecule has 7 nitrogen and oxygen atoms in total. The molecule has 1 N–H and O–H groups in total. The molecule has 0 saturated carbocycles. The molecule has 3 heterocycles. The van der Waals surface area contributed by atoms with Crippen LogP contribution in [0.4, 0.5) is 20.3 Å². The van der Waals surface area contributed by atoms with Gasteiger partial charge in [-0.3, -0.25) is 9.71 Å². The zero-order valence-corrected chi connectivity index (χ0v) is 18.6. The molecule has 168 valence electrons. The van der Waals surface area contributed by atoms with Crippen LogP contribution < -0.4 is 9.62 Å². The van der Waals surface area contributed by atoms with Crippen molar-refractivity contribution in [3.05, 3.63) is 59.8 Å². The van der Waals surface area contributed by atoms with E-state index in [2.05, 4.69) is 24.6 Å². The van der Waals surface area contributed by atoms with Crippen molar-refractivity contribution in [2.45, 2.75) is 38.0 Å². The van der Waals surface area contributed by atoms with Gasteiger partial charge in [0.2, 0.25) is 0 Å². The Morgan fingerprint density at radius 2 is 1.72 bits per heavy atom. The molecule has 1 aromatic carbocycles. The van der Waals surface area contributed by atoms with Crippen molar-refractivity contribution in [2.24, 2.45) is 0 Å². The zero-order valence-electron chi connectivity index (χ0n) is 17.8. The van der Waals surface area contributed by atoms with E-state index in [1.54, 1.807) is 19.2 Å². The fraction of sp³-hybridized carbons (Fsp3) is 0.318. The first kappa shape index (κ1) is 22.1. The van der Waals surface area contributed by atoms with Gasteiger partial charge < -0.3 is 4.90 Å². The number of sulfonamides is 1. The fourth-order valence-corrected chi connectivity index (χ4v) is 4.98. The largest absolute Gasteiger partial charge is 0.356 e. The highest BCUT2D eigenvalue weighted by molar-refractivity contribution is 7.92. The van der Waals surface area contributed by atoms with Crippen LogP contribution in [0.1, 0.15) is 30.7 Å². The Morgan fingerprint density at radius 1 is 0.969 bits per heavy atom. The second-order valence-electron chi connectivity index (χ2n) is 7.74. The Kier molecular flexibility index (Phi) is 6.05. The number of hydrogen-bond acceptors (Lipinski definition) is 6. The Balaban J connectivity index is 1.74. The van der Waals surface area contributed by atoms with E-state index in [0.717, 1.165) is 55.1 Å². The van der Waals surface area contributed by atoms with Gasteiger partial charge in [-0.15, -0.1) is 0 Å². The van der Waals surface area contributed by atoms with Crippen LogP contribution in [0.15, 0.2) is 41.7 Å². The third kappa shape index (κ3) is 4.40. The molecule has 1 fully saturated rings. The Labute approximate surface area is 185 Å². The molecule has 0 radical (unpaired) electrons. The second-order valence-corrected chi connectivity index (χ2v) is 9.39. The molecule has 1 aliphatic heterocycles. The first-order valence-corrected chi connectivity index (χ1v) is 11.8. The van der Waals surface area contributed by atoms with Crippen LogP contribution in [-0.4, -0.2) is 36.5 Å². The van der Waals surface area contributed by atoms with Gasteiger partial charge in [-0.05, 0) is 51.3 Å². The van der Waals surface area contributed by atoms with E-state index in [1.807, 2.05) is 6.92 Å². The average Bonchev–Trinajstić information content (AvgIpc) is 2.75. The van der Waals surface area contributed by atoms with Crippen LogP contribution in [0, 0.1) is 25.5 Å². The smallest absolute Gasteiger partial charge is 0.264 e. The van der Waals surface area contributed by atoms with Crippen LogP contribution in [0.3, 0.4) is 0 Å². The average molecular weight is 460 g/mol. The topological polar surface area (TPSA) is 88.1 Å². The van der Waals surface area contributed by atoms with Gasteiger partial charge in [0.05, 0.1) is 17.1 Å². The molecular formula is C22H23F2N5O2S. The number of hydrogen-bond donors (Lipinski definition) is 1. The van der Waals surface area contributed by atoms with Gasteiger partial charge in [0.1, 0.15) is 28.7 Å². The van der Waals surface area contributed by atoms with Gasteiger partial charge in [0, 0.05) is 36.5 Å². The molecule has 32 heavy (non-hydrogen) atoms. The standard InChI is InChI=1S/C22H23F2N5O2S/c1-14-19(28-32(30,31)20-7-6-17(23)11-18(20)24)10-16(12-25-14)21-15(2)26-13-27-22(21)29-8-4-3-5-9-29/h6-7,10-13,28H,3-5,8-9H2,1-2H3. The van der Waals surface area contributed by atoms with E-state index in [0.29, 0.717) is 17.3 Å². The lowest BCUT2D eigenvalue weighted by Gasteiger charge is -2.29. The minimum absolute atomic E-state index is 0.194. The summed E-state index contributed by atoms with van der Waals surface area (Å²) >= 11 is 0. The maximum atomic E-state index is 14.1. The van der Waals surface area contributed by atoms with Crippen LogP contribution in [-0.2, 0) is 10.0 Å². The van der Waals surface area contributed by atoms with Crippen LogP contribution in [0.2, 0.25) is 0 Å². The summed E-state index contributed by atoms with van der Waals surface area (Å²) in [6.45, 7) is 5.27. The minimum atomic E-state index is -4.30. The lowest BCUT2D eigenvalue weighted by atomic mass is 10.0. The molecule has 0 atom stereocenters. The normalized spacial score (nSPS) is 14.4. The summed E-state index contributed by atoms with van der Waals surface area (Å²) in [6, 6.07) is 3.96. The number of nitrogens with zero attached hydrogens (tertiary/aromatic N) is 4. The number of anilines is 2. The fourth-order valence-electron chi connectivity index (χ4n) is 3.81. The molecule has 0 spiro atoms. The van der Waals surface area contributed by atoms with E-state index < -0.39 is 26.6 Å². The summed E-state index contributed by atoms with van der Waals surface area (Å²) < 4.78 is 55.3. The third-order valence-electron chi connectivity index (χ3n) is 5.48. The Morgan fingerprint density at radius 3 is 2.44 bits per heavy atom. The molecule has 0 aliphatic carbocycles. The van der Waals surface area contributed by atoms with E-state index in [-0.39, 0.29) is 5.69 Å². The highest BCUT2D eigenvalue weighted by Crippen LogP contribution is 2.34. The van der Waals surface area contributed by atoms with Gasteiger partial charge >= 0.3 is 0 Å². The van der Waals surface area contributed by atoms with Crippen molar-refractivity contribution in [1.82, 2.24) is 15.0 Å². The number of halogens is 2. The van der Waals surface area contributed by atoms with Crippen LogP contribution >= 0.6 is 0 Å². The summed E-state index contributed by atoms with van der Waals surface area (Å²) in [7, 11) is -4.30. The number of benzene rings is 1. The van der Waals surface area contributed by atoms with Crippen molar-refractivity contribution in [3.8, 4) is 11.1 Å². The SMILES string of the molecule is Cc1ncc(-c2c(C)ncnc2N2CCCCC2)cc1NS(=O)(=O)c1ccc(F)cc1F. The summed E-state index contributed by atoms with van der Waals surface area (Å²) in [6.07, 6.45) is 6.48. The predicted octanol–water partition coefficient (Wildman–Crippen LogP) is 4.22. The maximum absolute atomic E-state index is 14.1. The molecule has 0 unspecified atom stereocenters. The number of aryl methyl sites for hydroxylation is 2. The molecule has 4 rings (SSSR count). The van der Waals surface area contributed by atoms with Gasteiger partial charge in [0.25, 0.3) is 10.0 Å². The highest BCUT2D eigenvalue weighted by Gasteiger charge is 2.23. The lowest BCUT2D eigenvalue weighted by Crippen LogP contribution is -2.31. The van der Waals surface area contributed by atoms with Gasteiger partial charge in [-0.1, -0.05) is 0 Å².